The van der Waals surface area contributed by atoms with Gasteiger partial charge in [-0.1, -0.05) is 50.2 Å². The molecule has 4 unspecified atom stereocenters. The molecule has 2 saturated heterocycles. The lowest BCUT2D eigenvalue weighted by Gasteiger charge is -2.32. The minimum atomic E-state index is -0.648. The predicted octanol–water partition coefficient (Wildman–Crippen LogP) is 1.34. The number of ketones is 1. The first-order chi connectivity index (χ1) is 14.4. The molecule has 0 saturated carbocycles. The fourth-order valence-corrected chi connectivity index (χ4v) is 4.43. The zero-order chi connectivity index (χ0) is 21.4. The number of hydrogen-bond donors (Lipinski definition) is 4. The number of hydrazine groups is 2. The second-order valence-corrected chi connectivity index (χ2v) is 8.99. The van der Waals surface area contributed by atoms with Crippen LogP contribution in [0.3, 0.4) is 0 Å². The normalized spacial score (nSPS) is 31.3. The van der Waals surface area contributed by atoms with Gasteiger partial charge in [0.05, 0.1) is 36.7 Å². The van der Waals surface area contributed by atoms with Crippen molar-refractivity contribution in [3.05, 3.63) is 60.7 Å². The highest BCUT2D eigenvalue weighted by Gasteiger charge is 2.54. The lowest BCUT2D eigenvalue weighted by molar-refractivity contribution is -0.128. The van der Waals surface area contributed by atoms with E-state index >= 15 is 0 Å². The van der Waals surface area contributed by atoms with E-state index in [1.807, 2.05) is 84.5 Å². The summed E-state index contributed by atoms with van der Waals surface area (Å²) in [5.41, 5.74) is 7.25. The van der Waals surface area contributed by atoms with Crippen molar-refractivity contribution in [3.8, 4) is 0 Å². The maximum atomic E-state index is 13.7. The number of carbonyl (C=O) groups is 1. The third kappa shape index (κ3) is 3.58. The summed E-state index contributed by atoms with van der Waals surface area (Å²) in [5.74, 6) is -0.0556. The van der Waals surface area contributed by atoms with Crippen LogP contribution in [-0.2, 0) is 4.79 Å². The van der Waals surface area contributed by atoms with Crippen molar-refractivity contribution in [2.45, 2.75) is 25.9 Å². The summed E-state index contributed by atoms with van der Waals surface area (Å²) in [6.45, 7) is 4.62. The van der Waals surface area contributed by atoms with Crippen LogP contribution >= 0.6 is 0 Å². The minimum absolute atomic E-state index is 0.0556. The van der Waals surface area contributed by atoms with E-state index in [4.69, 9.17) is 0 Å². The molecule has 7 heteroatoms. The Balaban J connectivity index is 1.60. The summed E-state index contributed by atoms with van der Waals surface area (Å²) in [6, 6.07) is 18.4. The third-order valence-electron chi connectivity index (χ3n) is 6.43. The number of nitrogens with one attached hydrogen (secondary N) is 2. The molecule has 2 aromatic carbocycles. The van der Waals surface area contributed by atoms with Gasteiger partial charge in [0.2, 0.25) is 0 Å². The molecule has 4 N–H and O–H groups in total. The highest BCUT2D eigenvalue weighted by Crippen LogP contribution is 2.37. The maximum Gasteiger partial charge on any atom is 0.171 e. The van der Waals surface area contributed by atoms with E-state index in [1.54, 1.807) is 0 Å². The summed E-state index contributed by atoms with van der Waals surface area (Å²) in [4.78, 5) is 13.7. The molecule has 2 heterocycles. The maximum absolute atomic E-state index is 13.7. The monoisotopic (exact) mass is 410 g/mol. The van der Waals surface area contributed by atoms with Gasteiger partial charge in [0.1, 0.15) is 0 Å². The van der Waals surface area contributed by atoms with Crippen molar-refractivity contribution in [2.75, 3.05) is 36.3 Å². The summed E-state index contributed by atoms with van der Waals surface area (Å²) in [6.07, 6.45) is 0. The van der Waals surface area contributed by atoms with Gasteiger partial charge in [-0.15, -0.1) is 0 Å². The zero-order valence-electron chi connectivity index (χ0n) is 17.5. The highest BCUT2D eigenvalue weighted by atomic mass is 16.3. The van der Waals surface area contributed by atoms with Gasteiger partial charge < -0.3 is 20.2 Å². The van der Waals surface area contributed by atoms with Gasteiger partial charge in [-0.2, -0.15) is 0 Å². The molecule has 2 aromatic rings. The molecule has 160 valence electrons. The molecule has 2 aliphatic rings. The van der Waals surface area contributed by atoms with Crippen LogP contribution in [0.2, 0.25) is 0 Å². The van der Waals surface area contributed by atoms with E-state index < -0.39 is 22.9 Å². The summed E-state index contributed by atoms with van der Waals surface area (Å²) < 4.78 is 0. The predicted molar refractivity (Wildman–Crippen MR) is 117 cm³/mol. The number of anilines is 2. The van der Waals surface area contributed by atoms with Crippen molar-refractivity contribution in [3.63, 3.8) is 0 Å². The number of hydrogen-bond acceptors (Lipinski definition) is 7. The van der Waals surface area contributed by atoms with Gasteiger partial charge in [-0.25, -0.2) is 10.9 Å². The van der Waals surface area contributed by atoms with Gasteiger partial charge in [-0.05, 0) is 24.3 Å². The van der Waals surface area contributed by atoms with E-state index in [9.17, 15) is 15.0 Å². The molecule has 0 spiro atoms. The van der Waals surface area contributed by atoms with Crippen molar-refractivity contribution >= 4 is 17.2 Å². The molecule has 4 rings (SSSR count). The molecule has 0 aromatic heterocycles. The zero-order valence-corrected chi connectivity index (χ0v) is 17.5. The number of nitrogens with zero attached hydrogens (tertiary/aromatic N) is 2. The number of benzene rings is 2. The average Bonchev–Trinajstić information content (AvgIpc) is 3.33. The van der Waals surface area contributed by atoms with Crippen LogP contribution in [0, 0.1) is 10.8 Å². The van der Waals surface area contributed by atoms with Gasteiger partial charge in [-0.3, -0.25) is 4.79 Å². The van der Waals surface area contributed by atoms with Gasteiger partial charge in [0.15, 0.2) is 5.78 Å². The SMILES string of the molecule is CC1(CO)CN(c2ccccc2)NC1C(=O)C1NN(c2ccccc2)CC1(C)CO. The number of rotatable bonds is 6. The Morgan fingerprint density at radius 3 is 1.53 bits per heavy atom. The summed E-state index contributed by atoms with van der Waals surface area (Å²) in [7, 11) is 0. The Bertz CT molecular complexity index is 809. The van der Waals surface area contributed by atoms with E-state index in [-0.39, 0.29) is 19.0 Å². The number of Topliss-reactive ketones (excluding diaryl/α,β-unsaturated/α-hetero) is 1. The van der Waals surface area contributed by atoms with Gasteiger partial charge in [0, 0.05) is 23.9 Å². The highest BCUT2D eigenvalue weighted by molar-refractivity contribution is 5.92. The van der Waals surface area contributed by atoms with Crippen LogP contribution in [0.4, 0.5) is 11.4 Å². The van der Waals surface area contributed by atoms with Crippen molar-refractivity contribution < 1.29 is 15.0 Å². The molecule has 2 fully saturated rings. The molecule has 0 radical (unpaired) electrons. The number of aliphatic hydroxyl groups excluding tert-OH is 2. The van der Waals surface area contributed by atoms with E-state index in [0.29, 0.717) is 13.1 Å². The lowest BCUT2D eigenvalue weighted by Crippen LogP contribution is -2.57. The Hall–Kier alpha value is -2.45. The average molecular weight is 411 g/mol. The van der Waals surface area contributed by atoms with Gasteiger partial charge in [0.25, 0.3) is 0 Å². The molecular weight excluding hydrogens is 380 g/mol. The number of aliphatic hydroxyl groups is 2. The van der Waals surface area contributed by atoms with Crippen molar-refractivity contribution in [1.29, 1.82) is 0 Å². The van der Waals surface area contributed by atoms with Gasteiger partial charge >= 0.3 is 0 Å². The Kier molecular flexibility index (Phi) is 5.55. The number of para-hydroxylation sites is 2. The molecule has 30 heavy (non-hydrogen) atoms. The molecule has 0 bridgehead atoms. The first-order valence-corrected chi connectivity index (χ1v) is 10.3. The molecule has 0 amide bonds. The molecule has 7 nitrogen and oxygen atoms in total. The molecular formula is C23H30N4O3. The fraction of sp³-hybridized carbons (Fsp3) is 0.435. The van der Waals surface area contributed by atoms with Crippen LogP contribution in [-0.4, -0.2) is 54.4 Å². The van der Waals surface area contributed by atoms with Crippen LogP contribution in [0.5, 0.6) is 0 Å². The quantitative estimate of drug-likeness (QED) is 0.572. The fourth-order valence-electron chi connectivity index (χ4n) is 4.43. The van der Waals surface area contributed by atoms with Crippen LogP contribution < -0.4 is 20.9 Å². The second kappa shape index (κ2) is 8.00. The van der Waals surface area contributed by atoms with Crippen LogP contribution in [0.25, 0.3) is 0 Å². The van der Waals surface area contributed by atoms with E-state index in [1.165, 1.54) is 0 Å². The number of carbonyl (C=O) groups excluding carboxylic acids is 1. The van der Waals surface area contributed by atoms with Crippen LogP contribution in [0.1, 0.15) is 13.8 Å². The largest absolute Gasteiger partial charge is 0.396 e. The second-order valence-electron chi connectivity index (χ2n) is 8.99. The third-order valence-corrected chi connectivity index (χ3v) is 6.43. The molecule has 0 aliphatic carbocycles. The Labute approximate surface area is 177 Å². The van der Waals surface area contributed by atoms with Crippen LogP contribution in [0.15, 0.2) is 60.7 Å². The van der Waals surface area contributed by atoms with Crippen molar-refractivity contribution in [2.24, 2.45) is 10.8 Å². The minimum Gasteiger partial charge on any atom is -0.396 e. The molecule has 2 aliphatic heterocycles. The summed E-state index contributed by atoms with van der Waals surface area (Å²) >= 11 is 0. The standard InChI is InChI=1S/C23H30N4O3/c1-22(15-28)13-26(17-9-5-3-6-10-17)24-20(22)19(30)21-23(2,16-29)14-27(25-21)18-11-7-4-8-12-18/h3-12,20-21,24-25,28-29H,13-16H2,1-2H3. The first-order valence-electron chi connectivity index (χ1n) is 10.3. The van der Waals surface area contributed by atoms with E-state index in [0.717, 1.165) is 11.4 Å². The summed E-state index contributed by atoms with van der Waals surface area (Å²) in [5, 5.41) is 24.2. The smallest absolute Gasteiger partial charge is 0.171 e. The van der Waals surface area contributed by atoms with Crippen molar-refractivity contribution in [1.82, 2.24) is 10.9 Å². The molecule has 4 atom stereocenters. The Morgan fingerprint density at radius 1 is 0.833 bits per heavy atom. The first kappa shape index (κ1) is 20.8. The Morgan fingerprint density at radius 2 is 1.20 bits per heavy atom. The topological polar surface area (TPSA) is 88.1 Å². The lowest BCUT2D eigenvalue weighted by atomic mass is 9.74. The van der Waals surface area contributed by atoms with E-state index in [2.05, 4.69) is 10.9 Å².